The third-order valence-corrected chi connectivity index (χ3v) is 6.25. The van der Waals surface area contributed by atoms with Gasteiger partial charge in [0.2, 0.25) is 0 Å². The van der Waals surface area contributed by atoms with Gasteiger partial charge in [-0.3, -0.25) is 4.79 Å². The van der Waals surface area contributed by atoms with Crippen molar-refractivity contribution in [3.05, 3.63) is 57.5 Å². The summed E-state index contributed by atoms with van der Waals surface area (Å²) in [5.41, 5.74) is 4.86. The number of fused-ring (bicyclic) bond motifs is 3. The molecule has 158 valence electrons. The Kier molecular flexibility index (Phi) is 5.61. The highest BCUT2D eigenvalue weighted by Crippen LogP contribution is 2.31. The predicted octanol–water partition coefficient (Wildman–Crippen LogP) is 3.18. The molecule has 5 rings (SSSR count). The standard InChI is InChI=1S/C21H22ClN5O2.ClH/c1-12-19(22)13(2)27-20(24-12)16-9-26(10-17(16)25-27)21(28)15-5-3-4-6-18(15)29-11-14-7-23-8-14;/h3-6,14,23H,7-11H2,1-2H3;1H. The van der Waals surface area contributed by atoms with Crippen LogP contribution >= 0.6 is 24.0 Å². The van der Waals surface area contributed by atoms with Crippen LogP contribution in [0.4, 0.5) is 0 Å². The van der Waals surface area contributed by atoms with Gasteiger partial charge in [-0.05, 0) is 26.0 Å². The van der Waals surface area contributed by atoms with Gasteiger partial charge in [0.15, 0.2) is 5.65 Å². The average molecular weight is 448 g/mol. The van der Waals surface area contributed by atoms with Crippen LogP contribution in [0.1, 0.15) is 33.0 Å². The second-order valence-corrected chi connectivity index (χ2v) is 8.13. The van der Waals surface area contributed by atoms with Crippen LogP contribution in [0.5, 0.6) is 5.75 Å². The zero-order valence-corrected chi connectivity index (χ0v) is 18.4. The van der Waals surface area contributed by atoms with Crippen LogP contribution in [0.25, 0.3) is 5.65 Å². The Labute approximate surface area is 185 Å². The maximum atomic E-state index is 13.2. The number of carbonyl (C=O) groups is 1. The van der Waals surface area contributed by atoms with Crippen molar-refractivity contribution in [1.29, 1.82) is 0 Å². The summed E-state index contributed by atoms with van der Waals surface area (Å²) < 4.78 is 7.74. The molecular formula is C21H23Cl2N5O2. The van der Waals surface area contributed by atoms with Crippen LogP contribution in [0.3, 0.4) is 0 Å². The monoisotopic (exact) mass is 447 g/mol. The van der Waals surface area contributed by atoms with Crippen molar-refractivity contribution in [3.63, 3.8) is 0 Å². The number of benzene rings is 1. The predicted molar refractivity (Wildman–Crippen MR) is 117 cm³/mol. The van der Waals surface area contributed by atoms with E-state index in [0.29, 0.717) is 41.9 Å². The number of halogens is 2. The number of ether oxygens (including phenoxy) is 1. The number of nitrogens with zero attached hydrogens (tertiary/aromatic N) is 4. The fraction of sp³-hybridized carbons (Fsp3) is 0.381. The summed E-state index contributed by atoms with van der Waals surface area (Å²) >= 11 is 6.32. The molecular weight excluding hydrogens is 425 g/mol. The minimum absolute atomic E-state index is 0. The molecule has 0 saturated carbocycles. The number of amides is 1. The normalized spacial score (nSPS) is 15.6. The molecule has 30 heavy (non-hydrogen) atoms. The molecule has 0 unspecified atom stereocenters. The minimum Gasteiger partial charge on any atom is -0.492 e. The molecule has 0 spiro atoms. The first-order valence-electron chi connectivity index (χ1n) is 9.78. The number of nitrogens with one attached hydrogen (secondary N) is 1. The van der Waals surface area contributed by atoms with E-state index in [-0.39, 0.29) is 18.3 Å². The molecule has 3 aromatic rings. The molecule has 1 saturated heterocycles. The first-order valence-corrected chi connectivity index (χ1v) is 10.2. The molecule has 2 aromatic heterocycles. The van der Waals surface area contributed by atoms with E-state index in [9.17, 15) is 4.79 Å². The number of para-hydroxylation sites is 1. The average Bonchev–Trinajstić information content (AvgIpc) is 3.24. The number of aryl methyl sites for hydroxylation is 2. The molecule has 9 heteroatoms. The summed E-state index contributed by atoms with van der Waals surface area (Å²) in [6.07, 6.45) is 0. The second kappa shape index (κ2) is 8.06. The van der Waals surface area contributed by atoms with Crippen LogP contribution in [0.2, 0.25) is 5.02 Å². The zero-order valence-electron chi connectivity index (χ0n) is 16.8. The SMILES string of the molecule is Cc1nc2c3c(nn2c(C)c1Cl)CN(C(=O)c1ccccc1OCC1CNC1)C3.Cl. The van der Waals surface area contributed by atoms with E-state index in [0.717, 1.165) is 41.4 Å². The van der Waals surface area contributed by atoms with Gasteiger partial charge in [-0.15, -0.1) is 12.4 Å². The number of aromatic nitrogens is 3. The van der Waals surface area contributed by atoms with Gasteiger partial charge >= 0.3 is 0 Å². The number of carbonyl (C=O) groups excluding carboxylic acids is 1. The third kappa shape index (κ3) is 3.41. The Hall–Kier alpha value is -2.35. The van der Waals surface area contributed by atoms with Crippen molar-refractivity contribution in [2.24, 2.45) is 5.92 Å². The van der Waals surface area contributed by atoms with E-state index < -0.39 is 0 Å². The number of hydrogen-bond acceptors (Lipinski definition) is 5. The topological polar surface area (TPSA) is 71.8 Å². The number of rotatable bonds is 4. The van der Waals surface area contributed by atoms with E-state index in [2.05, 4.69) is 15.4 Å². The Morgan fingerprint density at radius 3 is 2.77 bits per heavy atom. The summed E-state index contributed by atoms with van der Waals surface area (Å²) in [4.78, 5) is 19.7. The summed E-state index contributed by atoms with van der Waals surface area (Å²) in [5, 5.41) is 8.52. The summed E-state index contributed by atoms with van der Waals surface area (Å²) in [6, 6.07) is 7.46. The molecule has 1 N–H and O–H groups in total. The van der Waals surface area contributed by atoms with Gasteiger partial charge in [0, 0.05) is 24.6 Å². The fourth-order valence-corrected chi connectivity index (χ4v) is 3.99. The van der Waals surface area contributed by atoms with Gasteiger partial charge < -0.3 is 15.0 Å². The third-order valence-electron chi connectivity index (χ3n) is 5.70. The van der Waals surface area contributed by atoms with Gasteiger partial charge in [-0.25, -0.2) is 9.50 Å². The van der Waals surface area contributed by atoms with Crippen molar-refractivity contribution in [2.75, 3.05) is 19.7 Å². The summed E-state index contributed by atoms with van der Waals surface area (Å²) in [6.45, 7) is 7.30. The highest BCUT2D eigenvalue weighted by Gasteiger charge is 2.31. The Morgan fingerprint density at radius 2 is 2.03 bits per heavy atom. The molecule has 1 fully saturated rings. The van der Waals surface area contributed by atoms with Crippen molar-refractivity contribution in [1.82, 2.24) is 24.8 Å². The highest BCUT2D eigenvalue weighted by molar-refractivity contribution is 6.31. The van der Waals surface area contributed by atoms with Crippen molar-refractivity contribution in [3.8, 4) is 5.75 Å². The van der Waals surface area contributed by atoms with Gasteiger partial charge in [0.25, 0.3) is 5.91 Å². The van der Waals surface area contributed by atoms with Crippen LogP contribution in [0.15, 0.2) is 24.3 Å². The second-order valence-electron chi connectivity index (χ2n) is 7.75. The lowest BCUT2D eigenvalue weighted by Gasteiger charge is -2.27. The van der Waals surface area contributed by atoms with E-state index >= 15 is 0 Å². The molecule has 0 radical (unpaired) electrons. The van der Waals surface area contributed by atoms with Gasteiger partial charge in [0.05, 0.1) is 47.4 Å². The molecule has 4 heterocycles. The number of hydrogen-bond donors (Lipinski definition) is 1. The van der Waals surface area contributed by atoms with Crippen LogP contribution in [-0.2, 0) is 13.1 Å². The maximum absolute atomic E-state index is 13.2. The van der Waals surface area contributed by atoms with Crippen molar-refractivity contribution >= 4 is 35.6 Å². The minimum atomic E-state index is -0.0501. The van der Waals surface area contributed by atoms with E-state index in [1.165, 1.54) is 0 Å². The van der Waals surface area contributed by atoms with Crippen LogP contribution in [-0.4, -0.2) is 45.1 Å². The largest absolute Gasteiger partial charge is 0.492 e. The summed E-state index contributed by atoms with van der Waals surface area (Å²) in [7, 11) is 0. The van der Waals surface area contributed by atoms with Gasteiger partial charge in [-0.2, -0.15) is 5.10 Å². The van der Waals surface area contributed by atoms with E-state index in [1.807, 2.05) is 38.1 Å². The fourth-order valence-electron chi connectivity index (χ4n) is 3.87. The summed E-state index contributed by atoms with van der Waals surface area (Å²) in [5.74, 6) is 1.10. The molecule has 1 aromatic carbocycles. The van der Waals surface area contributed by atoms with Crippen LogP contribution in [0, 0.1) is 19.8 Å². The lowest BCUT2D eigenvalue weighted by Crippen LogP contribution is -2.45. The Morgan fingerprint density at radius 1 is 1.27 bits per heavy atom. The first kappa shape index (κ1) is 20.9. The lowest BCUT2D eigenvalue weighted by atomic mass is 10.1. The van der Waals surface area contributed by atoms with E-state index in [1.54, 1.807) is 9.42 Å². The highest BCUT2D eigenvalue weighted by atomic mass is 35.5. The molecule has 7 nitrogen and oxygen atoms in total. The smallest absolute Gasteiger partial charge is 0.258 e. The Balaban J connectivity index is 0.00000218. The zero-order chi connectivity index (χ0) is 20.1. The van der Waals surface area contributed by atoms with E-state index in [4.69, 9.17) is 16.3 Å². The molecule has 1 amide bonds. The quantitative estimate of drug-likeness (QED) is 0.664. The van der Waals surface area contributed by atoms with Gasteiger partial charge in [-0.1, -0.05) is 23.7 Å². The molecule has 2 aliphatic heterocycles. The lowest BCUT2D eigenvalue weighted by molar-refractivity contribution is 0.0743. The first-order chi connectivity index (χ1) is 14.0. The van der Waals surface area contributed by atoms with Crippen molar-refractivity contribution < 1.29 is 9.53 Å². The Bertz CT molecular complexity index is 1130. The molecule has 2 aliphatic rings. The molecule has 0 aliphatic carbocycles. The van der Waals surface area contributed by atoms with Gasteiger partial charge in [0.1, 0.15) is 5.75 Å². The maximum Gasteiger partial charge on any atom is 0.258 e. The van der Waals surface area contributed by atoms with Crippen molar-refractivity contribution in [2.45, 2.75) is 26.9 Å². The van der Waals surface area contributed by atoms with Crippen LogP contribution < -0.4 is 10.1 Å². The molecule has 0 atom stereocenters. The molecule has 0 bridgehead atoms.